The van der Waals surface area contributed by atoms with E-state index < -0.39 is 0 Å². The first-order valence-electron chi connectivity index (χ1n) is 7.22. The molecule has 0 aliphatic carbocycles. The van der Waals surface area contributed by atoms with Gasteiger partial charge in [-0.05, 0) is 38.8 Å². The van der Waals surface area contributed by atoms with Crippen molar-refractivity contribution in [1.82, 2.24) is 9.88 Å². The number of rotatable bonds is 7. The summed E-state index contributed by atoms with van der Waals surface area (Å²) in [5, 5.41) is 3.51. The predicted molar refractivity (Wildman–Crippen MR) is 84.5 cm³/mol. The Morgan fingerprint density at radius 3 is 2.60 bits per heavy atom. The maximum absolute atomic E-state index is 12.6. The van der Waals surface area contributed by atoms with Crippen LogP contribution in [0, 0.1) is 0 Å². The van der Waals surface area contributed by atoms with Crippen LogP contribution in [-0.2, 0) is 0 Å². The van der Waals surface area contributed by atoms with Gasteiger partial charge in [-0.3, -0.25) is 4.79 Å². The van der Waals surface area contributed by atoms with E-state index in [1.54, 1.807) is 12.1 Å². The number of carbonyl (C=O) groups is 1. The summed E-state index contributed by atoms with van der Waals surface area (Å²) < 4.78 is 0. The van der Waals surface area contributed by atoms with Crippen LogP contribution < -0.4 is 5.32 Å². The third-order valence-corrected chi connectivity index (χ3v) is 3.14. The monoisotopic (exact) mass is 297 g/mol. The van der Waals surface area contributed by atoms with Crippen molar-refractivity contribution in [3.05, 3.63) is 22.8 Å². The number of nitrogens with one attached hydrogen (secondary N) is 1. The second kappa shape index (κ2) is 8.10. The van der Waals surface area contributed by atoms with Gasteiger partial charge in [-0.15, -0.1) is 0 Å². The number of anilines is 1. The van der Waals surface area contributed by atoms with Crippen LogP contribution in [0.3, 0.4) is 0 Å². The van der Waals surface area contributed by atoms with Crippen LogP contribution >= 0.6 is 11.6 Å². The van der Waals surface area contributed by atoms with Gasteiger partial charge in [-0.1, -0.05) is 25.4 Å². The molecule has 1 N–H and O–H groups in total. The number of halogens is 1. The fourth-order valence-corrected chi connectivity index (χ4v) is 2.17. The number of hydrogen-bond acceptors (Lipinski definition) is 3. The first-order chi connectivity index (χ1) is 9.49. The highest BCUT2D eigenvalue weighted by Gasteiger charge is 2.19. The number of nitrogens with zero attached hydrogens (tertiary/aromatic N) is 2. The predicted octanol–water partition coefficient (Wildman–Crippen LogP) is 3.82. The molecule has 1 rings (SSSR count). The number of carbonyl (C=O) groups excluding carboxylic acids is 1. The fraction of sp³-hybridized carbons (Fsp3) is 0.600. The maximum Gasteiger partial charge on any atom is 0.254 e. The third-order valence-electron chi connectivity index (χ3n) is 2.95. The smallest absolute Gasteiger partial charge is 0.254 e. The van der Waals surface area contributed by atoms with E-state index in [0.29, 0.717) is 16.5 Å². The molecular weight excluding hydrogens is 274 g/mol. The fourth-order valence-electron chi connectivity index (χ4n) is 1.96. The Bertz CT molecular complexity index is 449. The largest absolute Gasteiger partial charge is 0.370 e. The van der Waals surface area contributed by atoms with E-state index in [-0.39, 0.29) is 11.9 Å². The molecule has 0 fully saturated rings. The number of hydrogen-bond donors (Lipinski definition) is 1. The molecule has 0 aliphatic heterocycles. The van der Waals surface area contributed by atoms with E-state index in [1.165, 1.54) is 0 Å². The van der Waals surface area contributed by atoms with Gasteiger partial charge in [0.15, 0.2) is 0 Å². The molecule has 5 heteroatoms. The third kappa shape index (κ3) is 4.67. The molecule has 20 heavy (non-hydrogen) atoms. The Morgan fingerprint density at radius 1 is 1.35 bits per heavy atom. The van der Waals surface area contributed by atoms with Gasteiger partial charge >= 0.3 is 0 Å². The molecule has 1 aromatic rings. The van der Waals surface area contributed by atoms with E-state index in [2.05, 4.69) is 24.1 Å². The molecule has 112 valence electrons. The lowest BCUT2D eigenvalue weighted by atomic mass is 10.2. The van der Waals surface area contributed by atoms with Crippen LogP contribution in [0.25, 0.3) is 0 Å². The molecular formula is C15H24ClN3O. The second-order valence-corrected chi connectivity index (χ2v) is 5.47. The van der Waals surface area contributed by atoms with E-state index in [0.717, 1.165) is 25.9 Å². The Kier molecular flexibility index (Phi) is 6.79. The minimum atomic E-state index is 0.00528. The molecule has 1 amide bonds. The minimum Gasteiger partial charge on any atom is -0.370 e. The van der Waals surface area contributed by atoms with Gasteiger partial charge in [0.2, 0.25) is 0 Å². The lowest BCUT2D eigenvalue weighted by molar-refractivity contribution is 0.0706. The molecule has 4 nitrogen and oxygen atoms in total. The highest BCUT2D eigenvalue weighted by molar-refractivity contribution is 6.29. The summed E-state index contributed by atoms with van der Waals surface area (Å²) in [4.78, 5) is 18.6. The Morgan fingerprint density at radius 2 is 2.05 bits per heavy atom. The van der Waals surface area contributed by atoms with E-state index in [4.69, 9.17) is 11.6 Å². The minimum absolute atomic E-state index is 0.00528. The Hall–Kier alpha value is -1.29. The van der Waals surface area contributed by atoms with Crippen molar-refractivity contribution in [2.75, 3.05) is 18.4 Å². The zero-order valence-corrected chi connectivity index (χ0v) is 13.5. The normalized spacial score (nSPS) is 10.7. The van der Waals surface area contributed by atoms with Crippen LogP contribution in [0.2, 0.25) is 5.15 Å². The van der Waals surface area contributed by atoms with Gasteiger partial charge in [-0.2, -0.15) is 0 Å². The van der Waals surface area contributed by atoms with Crippen molar-refractivity contribution >= 4 is 23.3 Å². The average Bonchev–Trinajstić information content (AvgIpc) is 2.40. The van der Waals surface area contributed by atoms with Gasteiger partial charge in [0, 0.05) is 24.7 Å². The van der Waals surface area contributed by atoms with Crippen molar-refractivity contribution in [3.8, 4) is 0 Å². The van der Waals surface area contributed by atoms with Crippen molar-refractivity contribution in [2.24, 2.45) is 0 Å². The quantitative estimate of drug-likeness (QED) is 0.778. The number of amides is 1. The van der Waals surface area contributed by atoms with E-state index in [1.807, 2.05) is 18.7 Å². The van der Waals surface area contributed by atoms with Crippen LogP contribution in [0.5, 0.6) is 0 Å². The summed E-state index contributed by atoms with van der Waals surface area (Å²) >= 11 is 6.01. The summed E-state index contributed by atoms with van der Waals surface area (Å²) in [5.74, 6) is 0.661. The molecule has 0 radical (unpaired) electrons. The van der Waals surface area contributed by atoms with Crippen LogP contribution in [0.4, 0.5) is 5.82 Å². The zero-order valence-electron chi connectivity index (χ0n) is 12.7. The van der Waals surface area contributed by atoms with Crippen LogP contribution in [-0.4, -0.2) is 34.9 Å². The van der Waals surface area contributed by atoms with Crippen LogP contribution in [0.1, 0.15) is 50.9 Å². The molecule has 0 aromatic carbocycles. The molecule has 1 aromatic heterocycles. The van der Waals surface area contributed by atoms with Crippen molar-refractivity contribution in [2.45, 2.75) is 46.6 Å². The first-order valence-corrected chi connectivity index (χ1v) is 7.59. The molecule has 0 atom stereocenters. The molecule has 0 bridgehead atoms. The van der Waals surface area contributed by atoms with Crippen molar-refractivity contribution in [3.63, 3.8) is 0 Å². The van der Waals surface area contributed by atoms with Crippen molar-refractivity contribution < 1.29 is 4.79 Å². The summed E-state index contributed by atoms with van der Waals surface area (Å²) in [7, 11) is 0. The van der Waals surface area contributed by atoms with E-state index >= 15 is 0 Å². The van der Waals surface area contributed by atoms with Crippen molar-refractivity contribution in [1.29, 1.82) is 0 Å². The summed E-state index contributed by atoms with van der Waals surface area (Å²) in [5.41, 5.74) is 0.589. The summed E-state index contributed by atoms with van der Waals surface area (Å²) in [6.45, 7) is 9.74. The van der Waals surface area contributed by atoms with Crippen LogP contribution in [0.15, 0.2) is 12.1 Å². The molecule has 1 heterocycles. The Balaban J connectivity index is 2.98. The van der Waals surface area contributed by atoms with E-state index in [9.17, 15) is 4.79 Å². The lowest BCUT2D eigenvalue weighted by Crippen LogP contribution is -2.37. The lowest BCUT2D eigenvalue weighted by Gasteiger charge is -2.26. The zero-order chi connectivity index (χ0) is 15.1. The number of aromatic nitrogens is 1. The summed E-state index contributed by atoms with van der Waals surface area (Å²) in [6.07, 6.45) is 1.93. The maximum atomic E-state index is 12.6. The molecule has 0 spiro atoms. The van der Waals surface area contributed by atoms with Gasteiger partial charge in [0.1, 0.15) is 11.0 Å². The van der Waals surface area contributed by atoms with Gasteiger partial charge in [0.05, 0.1) is 0 Å². The molecule has 0 saturated heterocycles. The first kappa shape index (κ1) is 16.8. The SMILES string of the molecule is CCCNc1cc(C(=O)N(CCC)C(C)C)cc(Cl)n1. The highest BCUT2D eigenvalue weighted by Crippen LogP contribution is 2.17. The van der Waals surface area contributed by atoms with Gasteiger partial charge in [0.25, 0.3) is 5.91 Å². The van der Waals surface area contributed by atoms with Gasteiger partial charge < -0.3 is 10.2 Å². The van der Waals surface area contributed by atoms with Gasteiger partial charge in [-0.25, -0.2) is 4.98 Å². The molecule has 0 unspecified atom stereocenters. The number of pyridine rings is 1. The summed E-state index contributed by atoms with van der Waals surface area (Å²) in [6, 6.07) is 3.57. The average molecular weight is 298 g/mol. The second-order valence-electron chi connectivity index (χ2n) is 5.08. The molecule has 0 saturated carbocycles. The Labute approximate surface area is 126 Å². The highest BCUT2D eigenvalue weighted by atomic mass is 35.5. The molecule has 0 aliphatic rings. The topological polar surface area (TPSA) is 45.2 Å². The standard InChI is InChI=1S/C15H24ClN3O/c1-5-7-17-14-10-12(9-13(16)18-14)15(20)19(8-6-2)11(3)4/h9-11H,5-8H2,1-4H3,(H,17,18).